The molecule has 7 heteroatoms. The van der Waals surface area contributed by atoms with Gasteiger partial charge >= 0.3 is 6.03 Å². The van der Waals surface area contributed by atoms with E-state index in [0.29, 0.717) is 18.7 Å². The van der Waals surface area contributed by atoms with E-state index in [1.54, 1.807) is 6.20 Å². The zero-order chi connectivity index (χ0) is 21.6. The molecule has 1 saturated heterocycles. The lowest BCUT2D eigenvalue weighted by Crippen LogP contribution is -2.41. The molecule has 2 heterocycles. The van der Waals surface area contributed by atoms with Crippen molar-refractivity contribution < 1.29 is 9.59 Å². The molecule has 4 rings (SSSR count). The number of hydrogen-bond acceptors (Lipinski definition) is 3. The Morgan fingerprint density at radius 3 is 2.77 bits per heavy atom. The number of nitrogens with one attached hydrogen (secondary N) is 3. The molecule has 160 valence electrons. The third-order valence-electron chi connectivity index (χ3n) is 5.73. The lowest BCUT2D eigenvalue weighted by molar-refractivity contribution is 0.0950. The molecule has 0 radical (unpaired) electrons. The Morgan fingerprint density at radius 1 is 1.16 bits per heavy atom. The molecule has 1 unspecified atom stereocenters. The molecule has 1 atom stereocenters. The van der Waals surface area contributed by atoms with Crippen LogP contribution in [0.4, 0.5) is 10.5 Å². The number of urea groups is 1. The average molecular weight is 418 g/mol. The van der Waals surface area contributed by atoms with Crippen molar-refractivity contribution in [2.75, 3.05) is 18.4 Å². The Labute approximate surface area is 181 Å². The minimum absolute atomic E-state index is 0.0831. The van der Waals surface area contributed by atoms with Gasteiger partial charge in [0.05, 0.1) is 6.20 Å². The summed E-state index contributed by atoms with van der Waals surface area (Å²) >= 11 is 0. The summed E-state index contributed by atoms with van der Waals surface area (Å²) in [5, 5.41) is 12.8. The molecule has 0 spiro atoms. The van der Waals surface area contributed by atoms with E-state index in [0.717, 1.165) is 41.9 Å². The summed E-state index contributed by atoms with van der Waals surface area (Å²) in [5.41, 5.74) is 4.43. The van der Waals surface area contributed by atoms with E-state index in [1.165, 1.54) is 0 Å². The van der Waals surface area contributed by atoms with Crippen LogP contribution in [-0.2, 0) is 6.54 Å². The van der Waals surface area contributed by atoms with E-state index in [1.807, 2.05) is 66.4 Å². The van der Waals surface area contributed by atoms with Gasteiger partial charge in [-0.3, -0.25) is 9.89 Å². The standard InChI is InChI=1S/C24H27N5O2/c1-17-21(15-26-28-17)14-25-23(30)19-8-5-7-18(13-19)20-9-6-12-29(16-20)24(31)27-22-10-3-2-4-11-22/h2-5,7-8,10-11,13,15,20H,6,9,12,14,16H2,1H3,(H,25,30)(H,26,28)(H,27,31). The number of carbonyl (C=O) groups is 2. The van der Waals surface area contributed by atoms with Crippen LogP contribution in [-0.4, -0.2) is 40.1 Å². The van der Waals surface area contributed by atoms with Crippen molar-refractivity contribution in [1.82, 2.24) is 20.4 Å². The number of rotatable bonds is 5. The number of amides is 3. The van der Waals surface area contributed by atoms with Gasteiger partial charge in [0, 0.05) is 48.1 Å². The van der Waals surface area contributed by atoms with Crippen LogP contribution in [0.3, 0.4) is 0 Å². The number of aromatic nitrogens is 2. The molecule has 1 aliphatic rings. The molecule has 1 aromatic heterocycles. The Hall–Kier alpha value is -3.61. The van der Waals surface area contributed by atoms with Gasteiger partial charge < -0.3 is 15.5 Å². The van der Waals surface area contributed by atoms with E-state index in [-0.39, 0.29) is 17.9 Å². The molecule has 0 aliphatic carbocycles. The van der Waals surface area contributed by atoms with Crippen molar-refractivity contribution >= 4 is 17.6 Å². The van der Waals surface area contributed by atoms with E-state index in [2.05, 4.69) is 20.8 Å². The van der Waals surface area contributed by atoms with Gasteiger partial charge in [-0.05, 0) is 49.6 Å². The van der Waals surface area contributed by atoms with Crippen molar-refractivity contribution in [2.24, 2.45) is 0 Å². The first-order valence-electron chi connectivity index (χ1n) is 10.6. The highest BCUT2D eigenvalue weighted by molar-refractivity contribution is 5.94. The second-order valence-electron chi connectivity index (χ2n) is 7.91. The number of hydrogen-bond donors (Lipinski definition) is 3. The Morgan fingerprint density at radius 2 is 2.00 bits per heavy atom. The summed E-state index contributed by atoms with van der Waals surface area (Å²) in [6.07, 6.45) is 3.65. The van der Waals surface area contributed by atoms with Crippen LogP contribution in [0.5, 0.6) is 0 Å². The first-order chi connectivity index (χ1) is 15.1. The van der Waals surface area contributed by atoms with Gasteiger partial charge in [-0.2, -0.15) is 5.10 Å². The molecule has 3 N–H and O–H groups in total. The van der Waals surface area contributed by atoms with Crippen molar-refractivity contribution in [1.29, 1.82) is 0 Å². The summed E-state index contributed by atoms with van der Waals surface area (Å²) in [6, 6.07) is 17.1. The predicted molar refractivity (Wildman–Crippen MR) is 120 cm³/mol. The monoisotopic (exact) mass is 417 g/mol. The summed E-state index contributed by atoms with van der Waals surface area (Å²) in [4.78, 5) is 27.2. The van der Waals surface area contributed by atoms with E-state index in [4.69, 9.17) is 0 Å². The highest BCUT2D eigenvalue weighted by atomic mass is 16.2. The molecule has 0 bridgehead atoms. The van der Waals surface area contributed by atoms with Crippen molar-refractivity contribution in [2.45, 2.75) is 32.2 Å². The second kappa shape index (κ2) is 9.47. The summed E-state index contributed by atoms with van der Waals surface area (Å²) in [7, 11) is 0. The maximum atomic E-state index is 12.7. The number of aryl methyl sites for hydroxylation is 1. The minimum Gasteiger partial charge on any atom is -0.348 e. The topological polar surface area (TPSA) is 90.1 Å². The number of nitrogens with zero attached hydrogens (tertiary/aromatic N) is 2. The minimum atomic E-state index is -0.114. The molecule has 3 amide bonds. The Kier molecular flexibility index (Phi) is 6.31. The van der Waals surface area contributed by atoms with Crippen LogP contribution in [0.1, 0.15) is 45.9 Å². The average Bonchev–Trinajstić information content (AvgIpc) is 3.23. The zero-order valence-electron chi connectivity index (χ0n) is 17.6. The first-order valence-corrected chi connectivity index (χ1v) is 10.6. The van der Waals surface area contributed by atoms with Crippen molar-refractivity contribution in [3.63, 3.8) is 0 Å². The summed E-state index contributed by atoms with van der Waals surface area (Å²) in [5.74, 6) is 0.0936. The van der Waals surface area contributed by atoms with Gasteiger partial charge in [0.2, 0.25) is 0 Å². The maximum absolute atomic E-state index is 12.7. The normalized spacial score (nSPS) is 16.0. The molecule has 7 nitrogen and oxygen atoms in total. The fourth-order valence-corrected chi connectivity index (χ4v) is 3.92. The molecule has 31 heavy (non-hydrogen) atoms. The van der Waals surface area contributed by atoms with Gasteiger partial charge in [-0.25, -0.2) is 4.79 Å². The maximum Gasteiger partial charge on any atom is 0.321 e. The molecule has 0 saturated carbocycles. The van der Waals surface area contributed by atoms with Crippen LogP contribution in [0.25, 0.3) is 0 Å². The largest absolute Gasteiger partial charge is 0.348 e. The van der Waals surface area contributed by atoms with Gasteiger partial charge in [0.1, 0.15) is 0 Å². The molecule has 3 aromatic rings. The van der Waals surface area contributed by atoms with Crippen LogP contribution in [0, 0.1) is 6.92 Å². The third kappa shape index (κ3) is 5.12. The van der Waals surface area contributed by atoms with Crippen LogP contribution in [0.2, 0.25) is 0 Å². The highest BCUT2D eigenvalue weighted by Gasteiger charge is 2.25. The lowest BCUT2D eigenvalue weighted by atomic mass is 9.89. The summed E-state index contributed by atoms with van der Waals surface area (Å²) in [6.45, 7) is 3.73. The smallest absolute Gasteiger partial charge is 0.321 e. The SMILES string of the molecule is Cc1[nH]ncc1CNC(=O)c1cccc(C2CCCN(C(=O)Nc3ccccc3)C2)c1. The quantitative estimate of drug-likeness (QED) is 0.585. The number of para-hydroxylation sites is 1. The number of benzene rings is 2. The van der Waals surface area contributed by atoms with Crippen LogP contribution < -0.4 is 10.6 Å². The Bertz CT molecular complexity index is 1050. The van der Waals surface area contributed by atoms with E-state index >= 15 is 0 Å². The number of carbonyl (C=O) groups excluding carboxylic acids is 2. The first kappa shape index (κ1) is 20.7. The number of piperidine rings is 1. The fraction of sp³-hybridized carbons (Fsp3) is 0.292. The van der Waals surface area contributed by atoms with Crippen LogP contribution in [0.15, 0.2) is 60.8 Å². The molecule has 1 aliphatic heterocycles. The van der Waals surface area contributed by atoms with Gasteiger partial charge in [-0.15, -0.1) is 0 Å². The zero-order valence-corrected chi connectivity index (χ0v) is 17.6. The molecular weight excluding hydrogens is 390 g/mol. The lowest BCUT2D eigenvalue weighted by Gasteiger charge is -2.33. The Balaban J connectivity index is 1.39. The number of likely N-dealkylation sites (tertiary alicyclic amines) is 1. The van der Waals surface area contributed by atoms with E-state index in [9.17, 15) is 9.59 Å². The fourth-order valence-electron chi connectivity index (χ4n) is 3.92. The third-order valence-corrected chi connectivity index (χ3v) is 5.73. The number of H-pyrrole nitrogens is 1. The van der Waals surface area contributed by atoms with Gasteiger partial charge in [-0.1, -0.05) is 30.3 Å². The highest BCUT2D eigenvalue weighted by Crippen LogP contribution is 2.28. The van der Waals surface area contributed by atoms with Gasteiger partial charge in [0.15, 0.2) is 0 Å². The predicted octanol–water partition coefficient (Wildman–Crippen LogP) is 4.06. The summed E-state index contributed by atoms with van der Waals surface area (Å²) < 4.78 is 0. The number of anilines is 1. The number of aromatic amines is 1. The van der Waals surface area contributed by atoms with Gasteiger partial charge in [0.25, 0.3) is 5.91 Å². The van der Waals surface area contributed by atoms with Crippen molar-refractivity contribution in [3.05, 3.63) is 83.2 Å². The van der Waals surface area contributed by atoms with Crippen LogP contribution >= 0.6 is 0 Å². The van der Waals surface area contributed by atoms with Crippen molar-refractivity contribution in [3.8, 4) is 0 Å². The second-order valence-corrected chi connectivity index (χ2v) is 7.91. The van der Waals surface area contributed by atoms with E-state index < -0.39 is 0 Å². The molecule has 1 fully saturated rings. The molecular formula is C24H27N5O2. The molecule has 2 aromatic carbocycles.